The molecule has 2 N–H and O–H groups in total. The largest absolute Gasteiger partial charge is 0.496 e. The lowest BCUT2D eigenvalue weighted by Gasteiger charge is -2.30. The Bertz CT molecular complexity index is 470. The van der Waals surface area contributed by atoms with Gasteiger partial charge in [0.1, 0.15) is 11.6 Å². The third-order valence-electron chi connectivity index (χ3n) is 3.48. The molecular formula is C14H20ClFN2O2. The van der Waals surface area contributed by atoms with Crippen molar-refractivity contribution in [3.05, 3.63) is 29.6 Å². The van der Waals surface area contributed by atoms with Gasteiger partial charge in [0.2, 0.25) is 0 Å². The maximum Gasteiger partial charge on any atom is 0.255 e. The van der Waals surface area contributed by atoms with E-state index >= 15 is 0 Å². The van der Waals surface area contributed by atoms with Crippen molar-refractivity contribution in [2.75, 3.05) is 13.7 Å². The molecule has 0 bridgehead atoms. The minimum absolute atomic E-state index is 0. The Morgan fingerprint density at radius 3 is 2.90 bits per heavy atom. The molecule has 20 heavy (non-hydrogen) atoms. The molecular weight excluding hydrogens is 283 g/mol. The third kappa shape index (κ3) is 3.84. The van der Waals surface area contributed by atoms with Gasteiger partial charge in [-0.05, 0) is 44.5 Å². The zero-order valence-corrected chi connectivity index (χ0v) is 12.4. The zero-order valence-electron chi connectivity index (χ0n) is 11.6. The van der Waals surface area contributed by atoms with E-state index in [4.69, 9.17) is 4.74 Å². The molecule has 112 valence electrons. The fraction of sp³-hybridized carbons (Fsp3) is 0.500. The summed E-state index contributed by atoms with van der Waals surface area (Å²) in [7, 11) is 1.47. The van der Waals surface area contributed by atoms with Gasteiger partial charge in [0.05, 0.1) is 12.7 Å². The molecule has 2 atom stereocenters. The maximum absolute atomic E-state index is 13.3. The molecule has 1 aliphatic heterocycles. The van der Waals surface area contributed by atoms with Crippen LogP contribution in [0.2, 0.25) is 0 Å². The fourth-order valence-corrected chi connectivity index (χ4v) is 2.34. The predicted octanol–water partition coefficient (Wildman–Crippen LogP) is 2.13. The molecule has 1 fully saturated rings. The summed E-state index contributed by atoms with van der Waals surface area (Å²) in [6.07, 6.45) is 1.95. The van der Waals surface area contributed by atoms with Gasteiger partial charge in [-0.2, -0.15) is 0 Å². The summed E-state index contributed by atoms with van der Waals surface area (Å²) < 4.78 is 18.3. The molecule has 1 aliphatic rings. The van der Waals surface area contributed by atoms with Gasteiger partial charge in [0, 0.05) is 12.1 Å². The molecule has 1 aromatic carbocycles. The van der Waals surface area contributed by atoms with Crippen LogP contribution in [0, 0.1) is 5.82 Å². The summed E-state index contributed by atoms with van der Waals surface area (Å²) in [5, 5.41) is 6.25. The van der Waals surface area contributed by atoms with Crippen molar-refractivity contribution in [2.24, 2.45) is 0 Å². The second-order valence-electron chi connectivity index (χ2n) is 4.81. The third-order valence-corrected chi connectivity index (χ3v) is 3.48. The predicted molar refractivity (Wildman–Crippen MR) is 78.2 cm³/mol. The number of piperidine rings is 1. The van der Waals surface area contributed by atoms with Crippen LogP contribution in [0.25, 0.3) is 0 Å². The van der Waals surface area contributed by atoms with E-state index in [1.54, 1.807) is 0 Å². The van der Waals surface area contributed by atoms with Gasteiger partial charge in [-0.15, -0.1) is 12.4 Å². The lowest BCUT2D eigenvalue weighted by atomic mass is 9.99. The molecule has 1 amide bonds. The lowest BCUT2D eigenvalue weighted by molar-refractivity contribution is 0.0916. The molecule has 6 heteroatoms. The normalized spacial score (nSPS) is 21.8. The number of amides is 1. The second kappa shape index (κ2) is 7.45. The Balaban J connectivity index is 0.00000200. The summed E-state index contributed by atoms with van der Waals surface area (Å²) in [5.74, 6) is -0.354. The summed E-state index contributed by atoms with van der Waals surface area (Å²) in [6.45, 7) is 3.00. The maximum atomic E-state index is 13.3. The number of hydrogen-bond donors (Lipinski definition) is 2. The standard InChI is InChI=1S/C14H19FN2O2.ClH/c1-9-12(4-3-7-16-9)17-14(18)11-8-10(15)5-6-13(11)19-2;/h5-6,8-9,12,16H,3-4,7H2,1-2H3,(H,17,18);1H. The van der Waals surface area contributed by atoms with Gasteiger partial charge >= 0.3 is 0 Å². The topological polar surface area (TPSA) is 50.4 Å². The monoisotopic (exact) mass is 302 g/mol. The zero-order chi connectivity index (χ0) is 13.8. The number of carbonyl (C=O) groups is 1. The van der Waals surface area contributed by atoms with Crippen molar-refractivity contribution in [3.8, 4) is 5.75 Å². The number of halogens is 2. The van der Waals surface area contributed by atoms with E-state index in [1.807, 2.05) is 6.92 Å². The van der Waals surface area contributed by atoms with Gasteiger partial charge in [0.25, 0.3) is 5.91 Å². The van der Waals surface area contributed by atoms with E-state index in [-0.39, 0.29) is 36.0 Å². The number of hydrogen-bond acceptors (Lipinski definition) is 3. The van der Waals surface area contributed by atoms with Crippen molar-refractivity contribution < 1.29 is 13.9 Å². The molecule has 0 spiro atoms. The highest BCUT2D eigenvalue weighted by molar-refractivity contribution is 5.97. The molecule has 0 aromatic heterocycles. The molecule has 0 saturated carbocycles. The Labute approximate surface area is 124 Å². The van der Waals surface area contributed by atoms with E-state index in [9.17, 15) is 9.18 Å². The van der Waals surface area contributed by atoms with Gasteiger partial charge in [-0.1, -0.05) is 0 Å². The number of benzene rings is 1. The van der Waals surface area contributed by atoms with Gasteiger partial charge < -0.3 is 15.4 Å². The fourth-order valence-electron chi connectivity index (χ4n) is 2.34. The summed E-state index contributed by atoms with van der Waals surface area (Å²) >= 11 is 0. The first-order chi connectivity index (χ1) is 9.11. The Morgan fingerprint density at radius 1 is 1.50 bits per heavy atom. The smallest absolute Gasteiger partial charge is 0.255 e. The molecule has 1 heterocycles. The van der Waals surface area contributed by atoms with E-state index in [1.165, 1.54) is 25.3 Å². The van der Waals surface area contributed by atoms with E-state index in [2.05, 4.69) is 10.6 Å². The quantitative estimate of drug-likeness (QED) is 0.899. The summed E-state index contributed by atoms with van der Waals surface area (Å²) in [6, 6.07) is 4.23. The highest BCUT2D eigenvalue weighted by atomic mass is 35.5. The average Bonchev–Trinajstić information content (AvgIpc) is 2.41. The highest BCUT2D eigenvalue weighted by Gasteiger charge is 2.24. The van der Waals surface area contributed by atoms with E-state index in [0.29, 0.717) is 5.75 Å². The van der Waals surface area contributed by atoms with E-state index < -0.39 is 5.82 Å². The van der Waals surface area contributed by atoms with Crippen LogP contribution in [0.4, 0.5) is 4.39 Å². The minimum atomic E-state index is -0.444. The Morgan fingerprint density at radius 2 is 2.25 bits per heavy atom. The molecule has 4 nitrogen and oxygen atoms in total. The first kappa shape index (κ1) is 16.7. The minimum Gasteiger partial charge on any atom is -0.496 e. The number of ether oxygens (including phenoxy) is 1. The van der Waals surface area contributed by atoms with Crippen LogP contribution in [-0.2, 0) is 0 Å². The molecule has 1 aromatic rings. The first-order valence-electron chi connectivity index (χ1n) is 6.49. The van der Waals surface area contributed by atoms with Crippen molar-refractivity contribution in [3.63, 3.8) is 0 Å². The number of methoxy groups -OCH3 is 1. The summed E-state index contributed by atoms with van der Waals surface area (Å²) in [5.41, 5.74) is 0.236. The van der Waals surface area contributed by atoms with Crippen LogP contribution in [0.5, 0.6) is 5.75 Å². The van der Waals surface area contributed by atoms with Gasteiger partial charge in [0.15, 0.2) is 0 Å². The SMILES string of the molecule is COc1ccc(F)cc1C(=O)NC1CCCNC1C.Cl. The van der Waals surface area contributed by atoms with Crippen LogP contribution >= 0.6 is 12.4 Å². The first-order valence-corrected chi connectivity index (χ1v) is 6.49. The van der Waals surface area contributed by atoms with Crippen LogP contribution in [0.3, 0.4) is 0 Å². The number of carbonyl (C=O) groups excluding carboxylic acids is 1. The summed E-state index contributed by atoms with van der Waals surface area (Å²) in [4.78, 5) is 12.2. The van der Waals surface area contributed by atoms with Crippen LogP contribution in [0.1, 0.15) is 30.1 Å². The highest BCUT2D eigenvalue weighted by Crippen LogP contribution is 2.20. The number of rotatable bonds is 3. The van der Waals surface area contributed by atoms with Crippen molar-refractivity contribution >= 4 is 18.3 Å². The molecule has 0 aliphatic carbocycles. The molecule has 1 saturated heterocycles. The van der Waals surface area contributed by atoms with Gasteiger partial charge in [-0.3, -0.25) is 4.79 Å². The van der Waals surface area contributed by atoms with Crippen molar-refractivity contribution in [1.82, 2.24) is 10.6 Å². The Hall–Kier alpha value is -1.33. The van der Waals surface area contributed by atoms with Crippen LogP contribution in [0.15, 0.2) is 18.2 Å². The lowest BCUT2D eigenvalue weighted by Crippen LogP contribution is -2.51. The number of nitrogens with one attached hydrogen (secondary N) is 2. The van der Waals surface area contributed by atoms with Crippen LogP contribution in [-0.4, -0.2) is 31.6 Å². The molecule has 0 radical (unpaired) electrons. The van der Waals surface area contributed by atoms with Crippen molar-refractivity contribution in [1.29, 1.82) is 0 Å². The van der Waals surface area contributed by atoms with E-state index in [0.717, 1.165) is 19.4 Å². The van der Waals surface area contributed by atoms with Gasteiger partial charge in [-0.25, -0.2) is 4.39 Å². The average molecular weight is 303 g/mol. The Kier molecular flexibility index (Phi) is 6.23. The molecule has 2 rings (SSSR count). The van der Waals surface area contributed by atoms with Crippen molar-refractivity contribution in [2.45, 2.75) is 31.8 Å². The second-order valence-corrected chi connectivity index (χ2v) is 4.81. The van der Waals surface area contributed by atoms with Crippen LogP contribution < -0.4 is 15.4 Å². The molecule has 2 unspecified atom stereocenters.